The summed E-state index contributed by atoms with van der Waals surface area (Å²) >= 11 is 6.19. The van der Waals surface area contributed by atoms with Crippen LogP contribution in [0, 0.1) is 0 Å². The standard InChI is InChI=1S/C14H13NO3S2/c1-3-6-18-10-5-4-9(7-11(10)17-2)8-12-13(16)15-14(19)20-12/h3-5,7-8H,1,6H2,2H3,(H,15,16,19). The number of nitrogens with one attached hydrogen (secondary N) is 1. The summed E-state index contributed by atoms with van der Waals surface area (Å²) in [4.78, 5) is 12.2. The van der Waals surface area contributed by atoms with E-state index in [9.17, 15) is 4.79 Å². The van der Waals surface area contributed by atoms with Crippen molar-refractivity contribution in [2.24, 2.45) is 0 Å². The summed E-state index contributed by atoms with van der Waals surface area (Å²) in [6.07, 6.45) is 3.43. The molecule has 0 bridgehead atoms. The van der Waals surface area contributed by atoms with Gasteiger partial charge in [0.15, 0.2) is 11.5 Å². The largest absolute Gasteiger partial charge is 0.493 e. The van der Waals surface area contributed by atoms with Gasteiger partial charge in [-0.15, -0.1) is 0 Å². The van der Waals surface area contributed by atoms with Crippen LogP contribution in [-0.2, 0) is 4.79 Å². The van der Waals surface area contributed by atoms with Gasteiger partial charge in [-0.3, -0.25) is 4.79 Å². The van der Waals surface area contributed by atoms with Crippen LogP contribution in [-0.4, -0.2) is 23.9 Å². The summed E-state index contributed by atoms with van der Waals surface area (Å²) in [5, 5.41) is 2.58. The quantitative estimate of drug-likeness (QED) is 0.515. The molecule has 1 aromatic rings. The van der Waals surface area contributed by atoms with Crippen LogP contribution < -0.4 is 14.8 Å². The van der Waals surface area contributed by atoms with Crippen molar-refractivity contribution < 1.29 is 14.3 Å². The van der Waals surface area contributed by atoms with Gasteiger partial charge in [-0.2, -0.15) is 0 Å². The summed E-state index contributed by atoms with van der Waals surface area (Å²) in [5.41, 5.74) is 0.843. The maximum absolute atomic E-state index is 11.6. The molecule has 104 valence electrons. The van der Waals surface area contributed by atoms with Crippen molar-refractivity contribution in [2.75, 3.05) is 13.7 Å². The number of methoxy groups -OCH3 is 1. The summed E-state index contributed by atoms with van der Waals surface area (Å²) in [7, 11) is 1.57. The molecule has 0 saturated carbocycles. The van der Waals surface area contributed by atoms with Crippen molar-refractivity contribution in [3.8, 4) is 11.5 Å². The second kappa shape index (κ2) is 6.58. The Morgan fingerprint density at radius 2 is 2.25 bits per heavy atom. The first kappa shape index (κ1) is 14.6. The zero-order valence-electron chi connectivity index (χ0n) is 10.8. The molecule has 1 fully saturated rings. The minimum Gasteiger partial charge on any atom is -0.493 e. The molecule has 6 heteroatoms. The molecule has 4 nitrogen and oxygen atoms in total. The molecular weight excluding hydrogens is 294 g/mol. The Hall–Kier alpha value is -1.79. The summed E-state index contributed by atoms with van der Waals surface area (Å²) in [5.74, 6) is 1.06. The third kappa shape index (κ3) is 3.40. The zero-order chi connectivity index (χ0) is 14.5. The van der Waals surface area contributed by atoms with Crippen molar-refractivity contribution in [3.63, 3.8) is 0 Å². The molecule has 0 aliphatic carbocycles. The topological polar surface area (TPSA) is 47.6 Å². The molecule has 2 rings (SSSR count). The predicted molar refractivity (Wildman–Crippen MR) is 85.0 cm³/mol. The van der Waals surface area contributed by atoms with E-state index in [-0.39, 0.29) is 5.91 Å². The number of carbonyl (C=O) groups is 1. The molecule has 1 aliphatic rings. The first-order chi connectivity index (χ1) is 9.63. The van der Waals surface area contributed by atoms with Crippen LogP contribution in [0.3, 0.4) is 0 Å². The maximum Gasteiger partial charge on any atom is 0.263 e. The molecule has 1 amide bonds. The van der Waals surface area contributed by atoms with Gasteiger partial charge in [0, 0.05) is 0 Å². The number of hydrogen-bond donors (Lipinski definition) is 1. The highest BCUT2D eigenvalue weighted by Gasteiger charge is 2.22. The number of benzene rings is 1. The third-order valence-electron chi connectivity index (χ3n) is 2.48. The number of thiocarbonyl (C=S) groups is 1. The Kier molecular flexibility index (Phi) is 4.81. The number of hydrogen-bond acceptors (Lipinski definition) is 5. The molecule has 1 saturated heterocycles. The Morgan fingerprint density at radius 3 is 2.85 bits per heavy atom. The van der Waals surface area contributed by atoms with Crippen molar-refractivity contribution in [3.05, 3.63) is 41.3 Å². The number of carbonyl (C=O) groups excluding carboxylic acids is 1. The second-order valence-corrected chi connectivity index (χ2v) is 5.58. The van der Waals surface area contributed by atoms with Gasteiger partial charge in [-0.25, -0.2) is 0 Å². The first-order valence-electron chi connectivity index (χ1n) is 5.80. The first-order valence-corrected chi connectivity index (χ1v) is 7.03. The van der Waals surface area contributed by atoms with Crippen LogP contribution >= 0.6 is 24.0 Å². The van der Waals surface area contributed by atoms with Crippen molar-refractivity contribution >= 4 is 40.3 Å². The minimum absolute atomic E-state index is 0.175. The van der Waals surface area contributed by atoms with E-state index in [0.717, 1.165) is 5.56 Å². The Balaban J connectivity index is 2.25. The number of ether oxygens (including phenoxy) is 2. The molecule has 0 aromatic heterocycles. The second-order valence-electron chi connectivity index (χ2n) is 3.86. The predicted octanol–water partition coefficient (Wildman–Crippen LogP) is 2.75. The number of thioether (sulfide) groups is 1. The lowest BCUT2D eigenvalue weighted by Crippen LogP contribution is -2.17. The molecule has 1 aromatic carbocycles. The van der Waals surface area contributed by atoms with Crippen molar-refractivity contribution in [2.45, 2.75) is 0 Å². The molecular formula is C14H13NO3S2. The summed E-state index contributed by atoms with van der Waals surface area (Å²) < 4.78 is 11.2. The van der Waals surface area contributed by atoms with Gasteiger partial charge >= 0.3 is 0 Å². The molecule has 1 heterocycles. The highest BCUT2D eigenvalue weighted by Crippen LogP contribution is 2.31. The average Bonchev–Trinajstić information content (AvgIpc) is 2.75. The van der Waals surface area contributed by atoms with Crippen LogP contribution in [0.2, 0.25) is 0 Å². The molecule has 0 spiro atoms. The lowest BCUT2D eigenvalue weighted by Gasteiger charge is -2.09. The highest BCUT2D eigenvalue weighted by molar-refractivity contribution is 8.26. The van der Waals surface area contributed by atoms with Gasteiger partial charge in [-0.05, 0) is 23.8 Å². The monoisotopic (exact) mass is 307 g/mol. The lowest BCUT2D eigenvalue weighted by molar-refractivity contribution is -0.115. The normalized spacial score (nSPS) is 16.1. The van der Waals surface area contributed by atoms with E-state index in [1.807, 2.05) is 6.07 Å². The molecule has 1 aliphatic heterocycles. The van der Waals surface area contributed by atoms with Crippen LogP contribution in [0.5, 0.6) is 11.5 Å². The van der Waals surface area contributed by atoms with Crippen LogP contribution in [0.15, 0.2) is 35.8 Å². The highest BCUT2D eigenvalue weighted by atomic mass is 32.2. The smallest absolute Gasteiger partial charge is 0.263 e. The van der Waals surface area contributed by atoms with Gasteiger partial charge in [-0.1, -0.05) is 42.7 Å². The van der Waals surface area contributed by atoms with Gasteiger partial charge in [0.25, 0.3) is 5.91 Å². The van der Waals surface area contributed by atoms with Crippen molar-refractivity contribution in [1.82, 2.24) is 5.32 Å². The third-order valence-corrected chi connectivity index (χ3v) is 3.65. The molecule has 0 atom stereocenters. The molecule has 20 heavy (non-hydrogen) atoms. The summed E-state index contributed by atoms with van der Waals surface area (Å²) in [6.45, 7) is 4.00. The van der Waals surface area contributed by atoms with Crippen LogP contribution in [0.1, 0.15) is 5.56 Å². The Morgan fingerprint density at radius 1 is 1.45 bits per heavy atom. The van der Waals surface area contributed by atoms with E-state index in [1.165, 1.54) is 11.8 Å². The van der Waals surface area contributed by atoms with E-state index < -0.39 is 0 Å². The number of amides is 1. The van der Waals surface area contributed by atoms with Gasteiger partial charge in [0.2, 0.25) is 0 Å². The van der Waals surface area contributed by atoms with Gasteiger partial charge < -0.3 is 14.8 Å². The molecule has 1 N–H and O–H groups in total. The van der Waals surface area contributed by atoms with E-state index >= 15 is 0 Å². The lowest BCUT2D eigenvalue weighted by atomic mass is 10.2. The van der Waals surface area contributed by atoms with E-state index in [2.05, 4.69) is 11.9 Å². The maximum atomic E-state index is 11.6. The van der Waals surface area contributed by atoms with E-state index in [0.29, 0.717) is 27.3 Å². The Bertz CT molecular complexity index is 596. The van der Waals surface area contributed by atoms with Crippen LogP contribution in [0.25, 0.3) is 6.08 Å². The fourth-order valence-corrected chi connectivity index (χ4v) is 2.66. The summed E-state index contributed by atoms with van der Waals surface area (Å²) in [6, 6.07) is 5.45. The number of rotatable bonds is 5. The molecule has 0 radical (unpaired) electrons. The average molecular weight is 307 g/mol. The van der Waals surface area contributed by atoms with Gasteiger partial charge in [0.1, 0.15) is 10.9 Å². The van der Waals surface area contributed by atoms with Gasteiger partial charge in [0.05, 0.1) is 12.0 Å². The fraction of sp³-hybridized carbons (Fsp3) is 0.143. The minimum atomic E-state index is -0.175. The van der Waals surface area contributed by atoms with Crippen molar-refractivity contribution in [1.29, 1.82) is 0 Å². The molecule has 0 unspecified atom stereocenters. The fourth-order valence-electron chi connectivity index (χ4n) is 1.61. The van der Waals surface area contributed by atoms with E-state index in [4.69, 9.17) is 21.7 Å². The zero-order valence-corrected chi connectivity index (χ0v) is 12.5. The van der Waals surface area contributed by atoms with Crippen LogP contribution in [0.4, 0.5) is 0 Å². The Labute approximate surface area is 126 Å². The van der Waals surface area contributed by atoms with E-state index in [1.54, 1.807) is 31.4 Å². The SMILES string of the molecule is C=CCOc1ccc(C=C2SC(=S)NC2=O)cc1OC.